The largest absolute Gasteiger partial charge is 0.321 e. The van der Waals surface area contributed by atoms with Gasteiger partial charge in [0.1, 0.15) is 5.82 Å². The van der Waals surface area contributed by atoms with Gasteiger partial charge in [-0.15, -0.1) is 11.6 Å². The Morgan fingerprint density at radius 1 is 1.40 bits per heavy atom. The molecule has 1 aromatic heterocycles. The second-order valence-corrected chi connectivity index (χ2v) is 6.68. The van der Waals surface area contributed by atoms with Crippen molar-refractivity contribution in [3.05, 3.63) is 29.0 Å². The Labute approximate surface area is 129 Å². The van der Waals surface area contributed by atoms with Gasteiger partial charge in [0.15, 0.2) is 0 Å². The first-order valence-electron chi connectivity index (χ1n) is 7.07. The Morgan fingerprint density at radius 2 is 2.20 bits per heavy atom. The van der Waals surface area contributed by atoms with Crippen molar-refractivity contribution in [3.8, 4) is 0 Å². The zero-order valence-electron chi connectivity index (χ0n) is 11.8. The van der Waals surface area contributed by atoms with Gasteiger partial charge >= 0.3 is 0 Å². The van der Waals surface area contributed by atoms with Crippen LogP contribution in [0.15, 0.2) is 18.2 Å². The van der Waals surface area contributed by atoms with E-state index < -0.39 is 0 Å². The molecule has 3 rings (SSSR count). The predicted molar refractivity (Wildman–Crippen MR) is 84.8 cm³/mol. The lowest BCUT2D eigenvalue weighted by Crippen LogP contribution is -2.34. The Morgan fingerprint density at radius 3 is 2.90 bits per heavy atom. The standard InChI is InChI=1S/C15H19Cl2N3/c1-10(16)15-18-13-7-3-6-12(17)14(13)20(15)11-5-4-8-19(2)9-11/h3,6-7,10-11H,4-5,8-9H2,1-2H3. The number of likely N-dealkylation sites (tertiary alicyclic amines) is 1. The molecule has 0 radical (unpaired) electrons. The van der Waals surface area contributed by atoms with Gasteiger partial charge in [-0.2, -0.15) is 0 Å². The highest BCUT2D eigenvalue weighted by molar-refractivity contribution is 6.35. The van der Waals surface area contributed by atoms with Gasteiger partial charge in [0.05, 0.1) is 21.4 Å². The number of likely N-dealkylation sites (N-methyl/N-ethyl adjacent to an activating group) is 1. The predicted octanol–water partition coefficient (Wildman–Crippen LogP) is 4.26. The topological polar surface area (TPSA) is 21.1 Å². The molecule has 0 N–H and O–H groups in total. The minimum Gasteiger partial charge on any atom is -0.321 e. The highest BCUT2D eigenvalue weighted by Gasteiger charge is 2.26. The molecule has 1 fully saturated rings. The summed E-state index contributed by atoms with van der Waals surface area (Å²) in [7, 11) is 2.16. The average Bonchev–Trinajstić information content (AvgIpc) is 2.80. The maximum atomic E-state index is 6.42. The van der Waals surface area contributed by atoms with Crippen molar-refractivity contribution in [2.75, 3.05) is 20.1 Å². The summed E-state index contributed by atoms with van der Waals surface area (Å²) < 4.78 is 2.27. The van der Waals surface area contributed by atoms with E-state index in [1.807, 2.05) is 25.1 Å². The minimum absolute atomic E-state index is 0.120. The third kappa shape index (κ3) is 2.43. The van der Waals surface area contributed by atoms with Gasteiger partial charge in [0, 0.05) is 12.6 Å². The van der Waals surface area contributed by atoms with E-state index in [0.717, 1.165) is 41.4 Å². The summed E-state index contributed by atoms with van der Waals surface area (Å²) in [5, 5.41) is 0.637. The number of piperidine rings is 1. The van der Waals surface area contributed by atoms with Gasteiger partial charge in [-0.25, -0.2) is 4.98 Å². The monoisotopic (exact) mass is 311 g/mol. The molecule has 20 heavy (non-hydrogen) atoms. The van der Waals surface area contributed by atoms with Crippen LogP contribution in [-0.4, -0.2) is 34.6 Å². The van der Waals surface area contributed by atoms with Crippen LogP contribution in [0.4, 0.5) is 0 Å². The molecule has 1 aromatic carbocycles. The molecule has 1 aliphatic rings. The summed E-state index contributed by atoms with van der Waals surface area (Å²) in [6.45, 7) is 4.15. The van der Waals surface area contributed by atoms with Crippen molar-refractivity contribution in [3.63, 3.8) is 0 Å². The van der Waals surface area contributed by atoms with Crippen LogP contribution in [0.25, 0.3) is 11.0 Å². The quantitative estimate of drug-likeness (QED) is 0.773. The average molecular weight is 312 g/mol. The van der Waals surface area contributed by atoms with E-state index in [9.17, 15) is 0 Å². The number of rotatable bonds is 2. The fourth-order valence-corrected chi connectivity index (χ4v) is 3.54. The summed E-state index contributed by atoms with van der Waals surface area (Å²) in [4.78, 5) is 7.06. The van der Waals surface area contributed by atoms with Crippen molar-refractivity contribution in [1.82, 2.24) is 14.5 Å². The maximum absolute atomic E-state index is 6.42. The molecule has 1 aliphatic heterocycles. The van der Waals surface area contributed by atoms with E-state index in [1.54, 1.807) is 0 Å². The van der Waals surface area contributed by atoms with Gasteiger partial charge in [0.25, 0.3) is 0 Å². The molecule has 2 heterocycles. The van der Waals surface area contributed by atoms with Crippen molar-refractivity contribution in [2.45, 2.75) is 31.2 Å². The van der Waals surface area contributed by atoms with Crippen molar-refractivity contribution >= 4 is 34.2 Å². The molecule has 0 bridgehead atoms. The molecule has 0 saturated carbocycles. The number of alkyl halides is 1. The molecule has 108 valence electrons. The Kier molecular flexibility index (Phi) is 3.93. The van der Waals surface area contributed by atoms with Crippen LogP contribution < -0.4 is 0 Å². The number of aromatic nitrogens is 2. The number of halogens is 2. The summed E-state index contributed by atoms with van der Waals surface area (Å²) in [6.07, 6.45) is 2.35. The van der Waals surface area contributed by atoms with Crippen LogP contribution >= 0.6 is 23.2 Å². The summed E-state index contributed by atoms with van der Waals surface area (Å²) >= 11 is 12.8. The second kappa shape index (κ2) is 5.55. The van der Waals surface area contributed by atoms with E-state index in [2.05, 4.69) is 16.5 Å². The molecule has 3 nitrogen and oxygen atoms in total. The fraction of sp³-hybridized carbons (Fsp3) is 0.533. The highest BCUT2D eigenvalue weighted by atomic mass is 35.5. The first kappa shape index (κ1) is 14.2. The Balaban J connectivity index is 2.18. The zero-order chi connectivity index (χ0) is 14.3. The molecule has 2 unspecified atom stereocenters. The SMILES string of the molecule is CC(Cl)c1nc2cccc(Cl)c2n1C1CCCN(C)C1. The lowest BCUT2D eigenvalue weighted by Gasteiger charge is -2.32. The number of nitrogens with zero attached hydrogens (tertiary/aromatic N) is 3. The van der Waals surface area contributed by atoms with E-state index in [1.165, 1.54) is 6.42 Å². The van der Waals surface area contributed by atoms with Gasteiger partial charge in [0.2, 0.25) is 0 Å². The van der Waals surface area contributed by atoms with Crippen LogP contribution in [0.3, 0.4) is 0 Å². The number of hydrogen-bond donors (Lipinski definition) is 0. The van der Waals surface area contributed by atoms with Crippen molar-refractivity contribution < 1.29 is 0 Å². The van der Waals surface area contributed by atoms with Crippen LogP contribution in [0.2, 0.25) is 5.02 Å². The number of imidazole rings is 1. The first-order chi connectivity index (χ1) is 9.58. The minimum atomic E-state index is -0.120. The van der Waals surface area contributed by atoms with E-state index in [-0.39, 0.29) is 5.38 Å². The third-order valence-electron chi connectivity index (χ3n) is 4.01. The van der Waals surface area contributed by atoms with E-state index >= 15 is 0 Å². The van der Waals surface area contributed by atoms with E-state index in [4.69, 9.17) is 28.2 Å². The van der Waals surface area contributed by atoms with Crippen LogP contribution in [0, 0.1) is 0 Å². The number of benzene rings is 1. The van der Waals surface area contributed by atoms with Crippen molar-refractivity contribution in [1.29, 1.82) is 0 Å². The maximum Gasteiger partial charge on any atom is 0.128 e. The Hall–Kier alpha value is -0.770. The molecule has 2 aromatic rings. The van der Waals surface area contributed by atoms with Crippen LogP contribution in [-0.2, 0) is 0 Å². The summed E-state index contributed by atoms with van der Waals surface area (Å²) in [6, 6.07) is 6.27. The normalized spacial score (nSPS) is 22.3. The van der Waals surface area contributed by atoms with Crippen LogP contribution in [0.1, 0.15) is 37.0 Å². The molecular weight excluding hydrogens is 293 g/mol. The highest BCUT2D eigenvalue weighted by Crippen LogP contribution is 2.34. The third-order valence-corrected chi connectivity index (χ3v) is 4.51. The van der Waals surface area contributed by atoms with Crippen molar-refractivity contribution in [2.24, 2.45) is 0 Å². The van der Waals surface area contributed by atoms with E-state index in [0.29, 0.717) is 6.04 Å². The molecule has 0 amide bonds. The molecule has 5 heteroatoms. The van der Waals surface area contributed by atoms with Crippen LogP contribution in [0.5, 0.6) is 0 Å². The van der Waals surface area contributed by atoms with Gasteiger partial charge in [-0.3, -0.25) is 0 Å². The number of para-hydroxylation sites is 1. The lowest BCUT2D eigenvalue weighted by molar-refractivity contribution is 0.212. The first-order valence-corrected chi connectivity index (χ1v) is 7.88. The smallest absolute Gasteiger partial charge is 0.128 e. The summed E-state index contributed by atoms with van der Waals surface area (Å²) in [5.41, 5.74) is 1.96. The number of fused-ring (bicyclic) bond motifs is 1. The summed E-state index contributed by atoms with van der Waals surface area (Å²) in [5.74, 6) is 0.926. The Bertz CT molecular complexity index is 621. The zero-order valence-corrected chi connectivity index (χ0v) is 13.3. The second-order valence-electron chi connectivity index (χ2n) is 5.62. The van der Waals surface area contributed by atoms with Gasteiger partial charge < -0.3 is 9.47 Å². The van der Waals surface area contributed by atoms with Gasteiger partial charge in [-0.05, 0) is 45.5 Å². The number of hydrogen-bond acceptors (Lipinski definition) is 2. The molecule has 2 atom stereocenters. The van der Waals surface area contributed by atoms with Gasteiger partial charge in [-0.1, -0.05) is 17.7 Å². The fourth-order valence-electron chi connectivity index (χ4n) is 3.12. The molecular formula is C15H19Cl2N3. The molecule has 1 saturated heterocycles. The molecule has 0 spiro atoms. The lowest BCUT2D eigenvalue weighted by atomic mass is 10.1. The molecule has 0 aliphatic carbocycles.